The molecule has 0 atom stereocenters. The van der Waals surface area contributed by atoms with E-state index in [0.717, 1.165) is 0 Å². The summed E-state index contributed by atoms with van der Waals surface area (Å²) in [5, 5.41) is 1.43. The molecule has 1 aromatic carbocycles. The summed E-state index contributed by atoms with van der Waals surface area (Å²) in [7, 11) is 2.24. The number of hydrogen-bond acceptors (Lipinski definition) is 0. The van der Waals surface area contributed by atoms with Crippen LogP contribution in [-0.4, -0.2) is 18.4 Å². The molecule has 0 aliphatic heterocycles. The Bertz CT molecular complexity index is 613. The monoisotopic (exact) mass is 434 g/mol. The van der Waals surface area contributed by atoms with E-state index in [9.17, 15) is 0 Å². The molecule has 0 bridgehead atoms. The van der Waals surface area contributed by atoms with E-state index in [-0.39, 0.29) is 0 Å². The van der Waals surface area contributed by atoms with Crippen LogP contribution < -0.4 is 8.15 Å². The van der Waals surface area contributed by atoms with Crippen LogP contribution in [-0.2, 0) is 7.05 Å². The zero-order chi connectivity index (χ0) is 17.4. The van der Waals surface area contributed by atoms with Crippen molar-refractivity contribution in [2.24, 2.45) is 7.05 Å². The second-order valence-electron chi connectivity index (χ2n) is 7.49. The minimum absolute atomic E-state index is 1.34. The van der Waals surface area contributed by atoms with Gasteiger partial charge in [0.2, 0.25) is 0 Å². The Kier molecular flexibility index (Phi) is 8.06. The van der Waals surface area contributed by atoms with Crippen LogP contribution in [0.5, 0.6) is 0 Å². The van der Waals surface area contributed by atoms with Gasteiger partial charge in [0.1, 0.15) is 0 Å². The molecule has 1 nitrogen and oxygen atoms in total. The van der Waals surface area contributed by atoms with Gasteiger partial charge in [0.25, 0.3) is 0 Å². The van der Waals surface area contributed by atoms with Crippen LogP contribution in [0.3, 0.4) is 0 Å². The molecule has 0 aliphatic rings. The molecule has 0 fully saturated rings. The number of nitrogens with zero attached hydrogens (tertiary/aromatic N) is 1. The first-order valence-corrected chi connectivity index (χ1v) is 17.5. The van der Waals surface area contributed by atoms with Gasteiger partial charge in [0.05, 0.1) is 0 Å². The Morgan fingerprint density at radius 2 is 1.38 bits per heavy atom. The van der Waals surface area contributed by atoms with Crippen molar-refractivity contribution in [2.45, 2.75) is 72.6 Å². The fourth-order valence-electron chi connectivity index (χ4n) is 4.06. The van der Waals surface area contributed by atoms with Gasteiger partial charge >= 0.3 is 154 Å². The number of fused-ring (bicyclic) bond motifs is 1. The molecule has 1 heterocycles. The predicted molar refractivity (Wildman–Crippen MR) is 110 cm³/mol. The molecule has 0 spiro atoms. The molecule has 0 aliphatic carbocycles. The number of pyridine rings is 1. The van der Waals surface area contributed by atoms with Crippen molar-refractivity contribution in [3.05, 3.63) is 36.5 Å². The van der Waals surface area contributed by atoms with E-state index in [4.69, 9.17) is 0 Å². The number of benzene rings is 1. The van der Waals surface area contributed by atoms with E-state index < -0.39 is 18.4 Å². The van der Waals surface area contributed by atoms with Gasteiger partial charge in [-0.3, -0.25) is 0 Å². The SMILES string of the molecule is CCC[CH2][Sn]([CH2]CCC)([CH2]CCC)[c]1cc2ccccc2[n+](C)c1. The van der Waals surface area contributed by atoms with Gasteiger partial charge in [-0.15, -0.1) is 0 Å². The summed E-state index contributed by atoms with van der Waals surface area (Å²) in [4.78, 5) is 0. The van der Waals surface area contributed by atoms with Crippen molar-refractivity contribution < 1.29 is 4.57 Å². The van der Waals surface area contributed by atoms with Crippen LogP contribution in [0.15, 0.2) is 36.5 Å². The van der Waals surface area contributed by atoms with Crippen LogP contribution in [0.1, 0.15) is 59.3 Å². The van der Waals surface area contributed by atoms with E-state index in [2.05, 4.69) is 68.9 Å². The normalized spacial score (nSPS) is 12.0. The number of para-hydroxylation sites is 1. The topological polar surface area (TPSA) is 3.88 Å². The van der Waals surface area contributed by atoms with Gasteiger partial charge in [0, 0.05) is 0 Å². The molecule has 0 saturated carbocycles. The van der Waals surface area contributed by atoms with E-state index >= 15 is 0 Å². The van der Waals surface area contributed by atoms with Crippen LogP contribution >= 0.6 is 0 Å². The number of unbranched alkanes of at least 4 members (excludes halogenated alkanes) is 3. The van der Waals surface area contributed by atoms with Crippen molar-refractivity contribution >= 4 is 32.9 Å². The first-order chi connectivity index (χ1) is 11.7. The third kappa shape index (κ3) is 4.74. The molecule has 0 N–H and O–H groups in total. The molecule has 0 amide bonds. The summed E-state index contributed by atoms with van der Waals surface area (Å²) < 4.78 is 8.80. The maximum absolute atomic E-state index is 2.58. The molecule has 1 aromatic heterocycles. The van der Waals surface area contributed by atoms with E-state index in [1.54, 1.807) is 16.9 Å². The Balaban J connectivity index is 2.50. The first-order valence-electron chi connectivity index (χ1n) is 10.1. The Labute approximate surface area is 153 Å². The van der Waals surface area contributed by atoms with Crippen LogP contribution in [0.2, 0.25) is 13.3 Å². The number of hydrogen-bond donors (Lipinski definition) is 0. The molecule has 0 unspecified atom stereocenters. The molecule has 0 saturated heterocycles. The molecular weight excluding hydrogens is 397 g/mol. The Hall–Kier alpha value is -0.571. The molecular formula is C22H36NSn+. The van der Waals surface area contributed by atoms with Crippen LogP contribution in [0, 0.1) is 0 Å². The third-order valence-corrected chi connectivity index (χ3v) is 21.1. The van der Waals surface area contributed by atoms with E-state index in [0.29, 0.717) is 0 Å². The zero-order valence-corrected chi connectivity index (χ0v) is 19.1. The summed E-state index contributed by atoms with van der Waals surface area (Å²) in [6.07, 6.45) is 10.8. The first kappa shape index (κ1) is 19.7. The fourth-order valence-corrected chi connectivity index (χ4v) is 20.1. The number of rotatable bonds is 10. The summed E-state index contributed by atoms with van der Waals surface area (Å²) in [5.41, 5.74) is 1.36. The van der Waals surface area contributed by atoms with Gasteiger partial charge < -0.3 is 0 Å². The standard InChI is InChI=1S/C10H9N.3C4H9.Sn/c1-11-8-4-6-9-5-2-3-7-10(9)11;3*1-3-4-2;/h2-3,5-8H,1H3;3*1,3-4H2,2H3;/q+1;;;;. The summed E-state index contributed by atoms with van der Waals surface area (Å²) in [6, 6.07) is 11.5. The van der Waals surface area contributed by atoms with Crippen molar-refractivity contribution in [1.29, 1.82) is 0 Å². The van der Waals surface area contributed by atoms with E-state index in [1.807, 2.05) is 0 Å². The minimum atomic E-state index is -2.31. The van der Waals surface area contributed by atoms with Crippen molar-refractivity contribution in [3.63, 3.8) is 0 Å². The molecule has 132 valence electrons. The van der Waals surface area contributed by atoms with Crippen molar-refractivity contribution in [3.8, 4) is 0 Å². The molecule has 2 heteroatoms. The molecule has 2 rings (SSSR count). The molecule has 24 heavy (non-hydrogen) atoms. The summed E-state index contributed by atoms with van der Waals surface area (Å²) in [5.74, 6) is 0. The summed E-state index contributed by atoms with van der Waals surface area (Å²) >= 11 is -2.31. The Morgan fingerprint density at radius 1 is 0.833 bits per heavy atom. The third-order valence-electron chi connectivity index (χ3n) is 5.60. The number of aryl methyl sites for hydroxylation is 1. The van der Waals surface area contributed by atoms with Crippen LogP contribution in [0.4, 0.5) is 0 Å². The van der Waals surface area contributed by atoms with Gasteiger partial charge in [0.15, 0.2) is 0 Å². The van der Waals surface area contributed by atoms with Crippen LogP contribution in [0.25, 0.3) is 10.9 Å². The van der Waals surface area contributed by atoms with Gasteiger partial charge in [-0.05, 0) is 0 Å². The average molecular weight is 433 g/mol. The molecule has 0 radical (unpaired) electrons. The van der Waals surface area contributed by atoms with Crippen molar-refractivity contribution in [1.82, 2.24) is 0 Å². The van der Waals surface area contributed by atoms with Crippen molar-refractivity contribution in [2.75, 3.05) is 0 Å². The van der Waals surface area contributed by atoms with E-state index in [1.165, 1.54) is 49.4 Å². The number of aromatic nitrogens is 1. The quantitative estimate of drug-likeness (QED) is 0.333. The Morgan fingerprint density at radius 3 is 1.92 bits per heavy atom. The average Bonchev–Trinajstić information content (AvgIpc) is 2.61. The maximum atomic E-state index is 2.58. The summed E-state index contributed by atoms with van der Waals surface area (Å²) in [6.45, 7) is 7.07. The zero-order valence-electron chi connectivity index (χ0n) is 16.3. The second kappa shape index (κ2) is 9.79. The predicted octanol–water partition coefficient (Wildman–Crippen LogP) is 5.72. The fraction of sp³-hybridized carbons (Fsp3) is 0.591. The molecule has 2 aromatic rings. The van der Waals surface area contributed by atoms with Gasteiger partial charge in [-0.2, -0.15) is 0 Å². The second-order valence-corrected chi connectivity index (χ2v) is 20.7. The van der Waals surface area contributed by atoms with Gasteiger partial charge in [-0.1, -0.05) is 0 Å². The van der Waals surface area contributed by atoms with Gasteiger partial charge in [-0.25, -0.2) is 0 Å².